The van der Waals surface area contributed by atoms with Crippen LogP contribution in [0.15, 0.2) is 23.1 Å². The standard InChI is InChI=1S/C35H50F5N5O3S2/c1-50(47,48)44-16-11-31-29(24-44)33(41-45(31)23-28(46)22-43-14-9-26(10-15-43)25-5-3-2-4-6-25)27-7-8-30(35(38,39)40)32(21-27)49-20-19-42-17-12-34(36,37)13-18-42/h7-8,21,25-26,28,46H,2-6,9-20,22-24H2,1H3/t28-/m0/s1. The van der Waals surface area contributed by atoms with E-state index >= 15 is 0 Å². The predicted molar refractivity (Wildman–Crippen MR) is 185 cm³/mol. The van der Waals surface area contributed by atoms with Gasteiger partial charge in [0.2, 0.25) is 10.0 Å². The zero-order valence-electron chi connectivity index (χ0n) is 28.8. The summed E-state index contributed by atoms with van der Waals surface area (Å²) >= 11 is 1.03. The molecular weight excluding hydrogens is 698 g/mol. The Balaban J connectivity index is 1.19. The summed E-state index contributed by atoms with van der Waals surface area (Å²) < 4.78 is 97.7. The van der Waals surface area contributed by atoms with Gasteiger partial charge in [-0.15, -0.1) is 11.8 Å². The Labute approximate surface area is 296 Å². The molecule has 1 saturated carbocycles. The van der Waals surface area contributed by atoms with Crippen LogP contribution < -0.4 is 0 Å². The highest BCUT2D eigenvalue weighted by Gasteiger charge is 2.37. The van der Waals surface area contributed by atoms with Crippen molar-refractivity contribution in [3.63, 3.8) is 0 Å². The normalized spacial score (nSPS) is 22.9. The van der Waals surface area contributed by atoms with Crippen LogP contribution in [0.1, 0.15) is 74.6 Å². The van der Waals surface area contributed by atoms with Gasteiger partial charge in [-0.3, -0.25) is 4.68 Å². The van der Waals surface area contributed by atoms with Crippen LogP contribution in [0.25, 0.3) is 11.3 Å². The molecule has 1 aromatic heterocycles. The minimum Gasteiger partial charge on any atom is -0.390 e. The van der Waals surface area contributed by atoms with Crippen molar-refractivity contribution in [3.05, 3.63) is 35.0 Å². The largest absolute Gasteiger partial charge is 0.417 e. The SMILES string of the molecule is CS(=O)(=O)N1CCc2c(c(-c3ccc(C(F)(F)F)c(SCCN4CCC(F)(F)CC4)c3)nn2C[C@@H](O)CN2CCC(C3CCCCC3)CC2)C1. The van der Waals surface area contributed by atoms with E-state index in [0.717, 1.165) is 67.5 Å². The lowest BCUT2D eigenvalue weighted by molar-refractivity contribution is -0.139. The first-order valence-electron chi connectivity index (χ1n) is 18.0. The van der Waals surface area contributed by atoms with Crippen LogP contribution in [0, 0.1) is 11.8 Å². The van der Waals surface area contributed by atoms with E-state index in [9.17, 15) is 35.5 Å². The number of rotatable bonds is 11. The van der Waals surface area contributed by atoms with Crippen molar-refractivity contribution in [2.24, 2.45) is 11.8 Å². The molecule has 1 aromatic carbocycles. The molecule has 2 aromatic rings. The molecule has 2 saturated heterocycles. The fourth-order valence-corrected chi connectivity index (χ4v) is 10.2. The monoisotopic (exact) mass is 747 g/mol. The molecular formula is C35H50F5N5O3S2. The summed E-state index contributed by atoms with van der Waals surface area (Å²) in [6.45, 7) is 3.64. The summed E-state index contributed by atoms with van der Waals surface area (Å²) in [6.07, 6.45) is 4.62. The third-order valence-electron chi connectivity index (χ3n) is 11.2. The number of nitrogens with zero attached hydrogens (tertiary/aromatic N) is 5. The first-order chi connectivity index (χ1) is 23.7. The number of piperidine rings is 2. The number of fused-ring (bicyclic) bond motifs is 1. The zero-order valence-corrected chi connectivity index (χ0v) is 30.4. The fourth-order valence-electron chi connectivity index (χ4n) is 8.31. The third kappa shape index (κ3) is 9.41. The lowest BCUT2D eigenvalue weighted by atomic mass is 9.76. The third-order valence-corrected chi connectivity index (χ3v) is 13.5. The maximum atomic E-state index is 14.1. The summed E-state index contributed by atoms with van der Waals surface area (Å²) in [7, 11) is -3.54. The van der Waals surface area contributed by atoms with Crippen molar-refractivity contribution < 1.29 is 35.5 Å². The number of aromatic nitrogens is 2. The number of β-amino-alcohol motifs (C(OH)–C–C–N with tert-alkyl or cyclic N) is 1. The topological polar surface area (TPSA) is 81.9 Å². The van der Waals surface area contributed by atoms with E-state index in [1.807, 2.05) is 4.90 Å². The van der Waals surface area contributed by atoms with Crippen molar-refractivity contribution in [2.45, 2.75) is 100 Å². The Bertz CT molecular complexity index is 1560. The van der Waals surface area contributed by atoms with Gasteiger partial charge < -0.3 is 14.9 Å². The fraction of sp³-hybridized carbons (Fsp3) is 0.743. The molecule has 0 bridgehead atoms. The Morgan fingerprint density at radius 3 is 2.30 bits per heavy atom. The van der Waals surface area contributed by atoms with Crippen LogP contribution >= 0.6 is 11.8 Å². The number of alkyl halides is 5. The predicted octanol–water partition coefficient (Wildman–Crippen LogP) is 6.36. The van der Waals surface area contributed by atoms with Crippen LogP contribution in [0.3, 0.4) is 0 Å². The second-order valence-corrected chi connectivity index (χ2v) is 17.9. The average molecular weight is 748 g/mol. The zero-order chi connectivity index (χ0) is 35.7. The highest BCUT2D eigenvalue weighted by Crippen LogP contribution is 2.41. The first kappa shape index (κ1) is 38.0. The molecule has 4 heterocycles. The van der Waals surface area contributed by atoms with Crippen LogP contribution in [-0.4, -0.2) is 107 Å². The van der Waals surface area contributed by atoms with Crippen molar-refractivity contribution in [3.8, 4) is 11.3 Å². The maximum absolute atomic E-state index is 14.1. The highest BCUT2D eigenvalue weighted by molar-refractivity contribution is 7.99. The van der Waals surface area contributed by atoms with Crippen molar-refractivity contribution in [1.29, 1.82) is 0 Å². The number of aliphatic hydroxyl groups is 1. The minimum atomic E-state index is -4.60. The highest BCUT2D eigenvalue weighted by atomic mass is 32.2. The minimum absolute atomic E-state index is 0.00748. The summed E-state index contributed by atoms with van der Waals surface area (Å²) in [5.41, 5.74) is 1.47. The van der Waals surface area contributed by atoms with E-state index in [-0.39, 0.29) is 56.2 Å². The molecule has 0 spiro atoms. The van der Waals surface area contributed by atoms with Gasteiger partial charge in [0.25, 0.3) is 5.92 Å². The molecule has 50 heavy (non-hydrogen) atoms. The Hall–Kier alpha value is -1.78. The summed E-state index contributed by atoms with van der Waals surface area (Å²) in [4.78, 5) is 4.16. The summed E-state index contributed by atoms with van der Waals surface area (Å²) in [5.74, 6) is -0.827. The number of likely N-dealkylation sites (tertiary alicyclic amines) is 2. The molecule has 1 N–H and O–H groups in total. The van der Waals surface area contributed by atoms with Gasteiger partial charge in [0, 0.05) is 86.0 Å². The second-order valence-electron chi connectivity index (χ2n) is 14.7. The quantitative estimate of drug-likeness (QED) is 0.212. The van der Waals surface area contributed by atoms with Gasteiger partial charge in [0.1, 0.15) is 0 Å². The van der Waals surface area contributed by atoms with E-state index in [1.54, 1.807) is 4.68 Å². The Morgan fingerprint density at radius 1 is 0.960 bits per heavy atom. The Morgan fingerprint density at radius 2 is 1.64 bits per heavy atom. The number of aliphatic hydroxyl groups excluding tert-OH is 1. The number of hydrogen-bond acceptors (Lipinski definition) is 7. The lowest BCUT2D eigenvalue weighted by Crippen LogP contribution is -2.42. The molecule has 3 fully saturated rings. The molecule has 0 radical (unpaired) electrons. The molecule has 0 unspecified atom stereocenters. The molecule has 1 atom stereocenters. The van der Waals surface area contributed by atoms with Crippen LogP contribution in [0.2, 0.25) is 0 Å². The van der Waals surface area contributed by atoms with Crippen molar-refractivity contribution in [1.82, 2.24) is 23.9 Å². The van der Waals surface area contributed by atoms with Gasteiger partial charge >= 0.3 is 6.18 Å². The van der Waals surface area contributed by atoms with E-state index in [4.69, 9.17) is 5.10 Å². The van der Waals surface area contributed by atoms with Crippen LogP contribution in [-0.2, 0) is 35.7 Å². The van der Waals surface area contributed by atoms with Gasteiger partial charge in [0.05, 0.1) is 30.2 Å². The Kier molecular flexibility index (Phi) is 11.9. The van der Waals surface area contributed by atoms with Crippen LogP contribution in [0.4, 0.5) is 22.0 Å². The summed E-state index contributed by atoms with van der Waals surface area (Å²) in [5, 5.41) is 16.1. The second kappa shape index (κ2) is 15.7. The average Bonchev–Trinajstić information content (AvgIpc) is 3.42. The molecule has 280 valence electrons. The number of sulfonamides is 1. The molecule has 0 amide bonds. The van der Waals surface area contributed by atoms with Crippen LogP contribution in [0.5, 0.6) is 0 Å². The van der Waals surface area contributed by atoms with E-state index in [0.29, 0.717) is 36.3 Å². The lowest BCUT2D eigenvalue weighted by Gasteiger charge is -2.38. The van der Waals surface area contributed by atoms with Gasteiger partial charge in [-0.25, -0.2) is 17.2 Å². The molecule has 15 heteroatoms. The summed E-state index contributed by atoms with van der Waals surface area (Å²) in [6, 6.07) is 3.86. The number of thioether (sulfide) groups is 1. The number of hydrogen-bond donors (Lipinski definition) is 1. The smallest absolute Gasteiger partial charge is 0.390 e. The molecule has 6 rings (SSSR count). The van der Waals surface area contributed by atoms with E-state index < -0.39 is 33.8 Å². The molecule has 8 nitrogen and oxygen atoms in total. The van der Waals surface area contributed by atoms with E-state index in [2.05, 4.69) is 4.90 Å². The van der Waals surface area contributed by atoms with E-state index in [1.165, 1.54) is 48.5 Å². The molecule has 1 aliphatic carbocycles. The maximum Gasteiger partial charge on any atom is 0.417 e. The number of benzene rings is 1. The number of halogens is 5. The first-order valence-corrected chi connectivity index (χ1v) is 20.9. The molecule has 4 aliphatic rings. The van der Waals surface area contributed by atoms with Gasteiger partial charge in [-0.2, -0.15) is 22.6 Å². The van der Waals surface area contributed by atoms with Gasteiger partial charge in [0.15, 0.2) is 0 Å². The molecule has 3 aliphatic heterocycles. The van der Waals surface area contributed by atoms with Crippen molar-refractivity contribution >= 4 is 21.8 Å². The van der Waals surface area contributed by atoms with Crippen molar-refractivity contribution in [2.75, 3.05) is 57.8 Å². The van der Waals surface area contributed by atoms with Gasteiger partial charge in [-0.1, -0.05) is 38.2 Å². The van der Waals surface area contributed by atoms with Gasteiger partial charge in [-0.05, 0) is 49.9 Å².